The van der Waals surface area contributed by atoms with E-state index in [1.165, 1.54) is 39.9 Å². The summed E-state index contributed by atoms with van der Waals surface area (Å²) in [6, 6.07) is 20.2. The van der Waals surface area contributed by atoms with Crippen molar-refractivity contribution in [3.63, 3.8) is 0 Å². The Morgan fingerprint density at radius 1 is 0.984 bits per heavy atom. The second-order valence-corrected chi connectivity index (χ2v) is 18.5. The molecule has 334 valence electrons. The number of carbonyl (C=O) groups excluding carboxylic acids is 1. The van der Waals surface area contributed by atoms with Gasteiger partial charge in [-0.1, -0.05) is 35.7 Å². The number of aromatic nitrogens is 4. The number of rotatable bonds is 12. The average Bonchev–Trinajstić information content (AvgIpc) is 3.76. The van der Waals surface area contributed by atoms with Crippen LogP contribution in [0.2, 0.25) is 5.02 Å². The van der Waals surface area contributed by atoms with E-state index in [1.807, 2.05) is 18.2 Å². The number of H-pyrrole nitrogens is 1. The molecule has 3 aromatic carbocycles. The Balaban J connectivity index is 1.01. The summed E-state index contributed by atoms with van der Waals surface area (Å²) in [5.74, 6) is -0.996. The van der Waals surface area contributed by atoms with Crippen molar-refractivity contribution in [3.8, 4) is 5.69 Å². The van der Waals surface area contributed by atoms with Crippen LogP contribution < -0.4 is 20.5 Å². The van der Waals surface area contributed by atoms with Crippen molar-refractivity contribution in [2.24, 2.45) is 7.05 Å². The van der Waals surface area contributed by atoms with Gasteiger partial charge < -0.3 is 24.7 Å². The second-order valence-electron chi connectivity index (χ2n) is 16.3. The van der Waals surface area contributed by atoms with E-state index in [4.69, 9.17) is 21.1 Å². The normalized spacial score (nSPS) is 17.8. The van der Waals surface area contributed by atoms with E-state index in [9.17, 15) is 28.1 Å². The number of nitro benzene ring substituents is 1. The van der Waals surface area contributed by atoms with Crippen LogP contribution in [-0.4, -0.2) is 109 Å². The lowest BCUT2D eigenvalue weighted by molar-refractivity contribution is -0.384. The Morgan fingerprint density at radius 2 is 1.78 bits per heavy atom. The van der Waals surface area contributed by atoms with Crippen molar-refractivity contribution >= 4 is 72.2 Å². The van der Waals surface area contributed by atoms with Crippen molar-refractivity contribution in [1.29, 1.82) is 0 Å². The van der Waals surface area contributed by atoms with Crippen LogP contribution in [0.3, 0.4) is 0 Å². The highest BCUT2D eigenvalue weighted by atomic mass is 35.5. The van der Waals surface area contributed by atoms with E-state index >= 15 is 0 Å². The number of allylic oxidation sites excluding steroid dienone is 1. The molecule has 6 aromatic rings. The van der Waals surface area contributed by atoms with Crippen molar-refractivity contribution in [1.82, 2.24) is 29.0 Å². The lowest BCUT2D eigenvalue weighted by Gasteiger charge is -2.37. The lowest BCUT2D eigenvalue weighted by atomic mass is 9.95. The first kappa shape index (κ1) is 43.2. The van der Waals surface area contributed by atoms with Crippen LogP contribution in [0.5, 0.6) is 0 Å². The number of amides is 1. The minimum Gasteiger partial charge on any atom is -0.377 e. The molecule has 0 saturated carbocycles. The van der Waals surface area contributed by atoms with Crippen LogP contribution in [0.1, 0.15) is 48.0 Å². The Labute approximate surface area is 373 Å². The number of halogens is 1. The molecule has 1 amide bonds. The first-order valence-corrected chi connectivity index (χ1v) is 23.2. The van der Waals surface area contributed by atoms with Gasteiger partial charge in [-0.3, -0.25) is 24.6 Å². The number of ether oxygens (including phenoxy) is 2. The molecule has 3 N–H and O–H groups in total. The van der Waals surface area contributed by atoms with Gasteiger partial charge in [-0.15, -0.1) is 0 Å². The molecule has 0 unspecified atom stereocenters. The molecule has 0 radical (unpaired) electrons. The first-order chi connectivity index (χ1) is 30.9. The second kappa shape index (κ2) is 18.2. The van der Waals surface area contributed by atoms with Crippen molar-refractivity contribution < 1.29 is 27.6 Å². The Morgan fingerprint density at radius 3 is 2.55 bits per heavy atom. The van der Waals surface area contributed by atoms with E-state index in [-0.39, 0.29) is 35.1 Å². The smallest absolute Gasteiger partial charge is 0.293 e. The van der Waals surface area contributed by atoms with Gasteiger partial charge in [-0.25, -0.2) is 27.5 Å². The summed E-state index contributed by atoms with van der Waals surface area (Å²) in [6.07, 6.45) is 6.99. The Hall–Kier alpha value is -6.05. The number of hydrogen-bond acceptors (Lipinski definition) is 12. The minimum atomic E-state index is -4.65. The monoisotopic (exact) mass is 909 g/mol. The van der Waals surface area contributed by atoms with E-state index < -0.39 is 37.0 Å². The van der Waals surface area contributed by atoms with Gasteiger partial charge in [0.25, 0.3) is 27.2 Å². The van der Waals surface area contributed by atoms with Gasteiger partial charge in [0, 0.05) is 74.7 Å². The molecule has 17 nitrogen and oxygen atoms in total. The fourth-order valence-electron chi connectivity index (χ4n) is 8.92. The summed E-state index contributed by atoms with van der Waals surface area (Å²) in [5, 5.41) is 16.5. The lowest BCUT2D eigenvalue weighted by Crippen LogP contribution is -2.47. The number of carbonyl (C=O) groups is 1. The summed E-state index contributed by atoms with van der Waals surface area (Å²) in [6.45, 7) is 5.18. The third-order valence-corrected chi connectivity index (χ3v) is 13.9. The predicted octanol–water partition coefficient (Wildman–Crippen LogP) is 6.25. The third-order valence-electron chi connectivity index (χ3n) is 12.3. The molecule has 2 saturated heterocycles. The van der Waals surface area contributed by atoms with Gasteiger partial charge in [-0.05, 0) is 91.4 Å². The number of anilines is 2. The highest BCUT2D eigenvalue weighted by Crippen LogP contribution is 2.34. The first-order valence-electron chi connectivity index (χ1n) is 21.4. The summed E-state index contributed by atoms with van der Waals surface area (Å²) in [4.78, 5) is 51.3. The van der Waals surface area contributed by atoms with Crippen LogP contribution in [0.25, 0.3) is 33.3 Å². The zero-order chi connectivity index (χ0) is 44.5. The molecule has 64 heavy (non-hydrogen) atoms. The minimum absolute atomic E-state index is 0.0508. The van der Waals surface area contributed by atoms with Crippen molar-refractivity contribution in [2.75, 3.05) is 69.3 Å². The quantitative estimate of drug-likeness (QED) is 0.0923. The summed E-state index contributed by atoms with van der Waals surface area (Å²) in [7, 11) is -3.09. The van der Waals surface area contributed by atoms with Gasteiger partial charge in [0.1, 0.15) is 11.3 Å². The zero-order valence-electron chi connectivity index (χ0n) is 35.2. The van der Waals surface area contributed by atoms with Crippen LogP contribution in [0, 0.1) is 10.1 Å². The molecule has 3 aliphatic rings. The van der Waals surface area contributed by atoms with Crippen LogP contribution >= 0.6 is 11.6 Å². The number of fused-ring (bicyclic) bond motifs is 2. The highest BCUT2D eigenvalue weighted by molar-refractivity contribution is 7.90. The fourth-order valence-corrected chi connectivity index (χ4v) is 10.0. The average molecular weight is 910 g/mol. The third kappa shape index (κ3) is 8.88. The predicted molar refractivity (Wildman–Crippen MR) is 245 cm³/mol. The number of nitrogens with one attached hydrogen (secondary N) is 3. The van der Waals surface area contributed by atoms with E-state index in [0.717, 1.165) is 67.5 Å². The number of nitro groups is 1. The molecule has 0 spiro atoms. The standard InChI is InChI=1S/C45H48ClN9O8S/c1-51-45(57)42-41(23-30-15-16-47-43(30)49-42)54(51)39-24-33(53-19-17-52(18-20-53)27-31-5-3-2-4-6-36(31)29-7-9-32(46)10-8-29)11-13-37(39)44(56)50-64(60,61)35-12-14-38(40(25-35)55(58)59)48-26-34-28-62-21-22-63-34/h7-16,23-25,34,48H,2-6,17-22,26-28H2,1H3,(H,47,49)(H,50,56)/t34-/m0/s1. The number of hydrogen-bond donors (Lipinski definition) is 3. The number of nitrogens with zero attached hydrogens (tertiary/aromatic N) is 6. The highest BCUT2D eigenvalue weighted by Gasteiger charge is 2.29. The molecule has 19 heteroatoms. The largest absolute Gasteiger partial charge is 0.377 e. The van der Waals surface area contributed by atoms with Gasteiger partial charge in [0.15, 0.2) is 5.52 Å². The molecule has 3 aromatic heterocycles. The molecule has 5 heterocycles. The molecule has 0 bridgehead atoms. The maximum absolute atomic E-state index is 14.3. The van der Waals surface area contributed by atoms with Crippen molar-refractivity contribution in [2.45, 2.75) is 43.1 Å². The molecule has 1 aliphatic carbocycles. The number of pyridine rings is 1. The SMILES string of the molecule is Cn1c(=O)c2nc3[nH]ccc3cc2n1-c1cc(N2CCN(CC3=C(c4ccc(Cl)cc4)CCCCC3)CC2)ccc1C(=O)NS(=O)(=O)c1ccc(NC[C@H]2COCCO2)c([N+](=O)[O-])c1. The van der Waals surface area contributed by atoms with E-state index in [2.05, 4.69) is 41.9 Å². The molecule has 2 fully saturated rings. The number of sulfonamides is 1. The number of benzene rings is 3. The van der Waals surface area contributed by atoms with Crippen LogP contribution in [-0.2, 0) is 26.5 Å². The van der Waals surface area contributed by atoms with Crippen LogP contribution in [0.4, 0.5) is 17.1 Å². The molecule has 2 aliphatic heterocycles. The summed E-state index contributed by atoms with van der Waals surface area (Å²) >= 11 is 6.23. The fraction of sp³-hybridized carbons (Fsp3) is 0.356. The summed E-state index contributed by atoms with van der Waals surface area (Å²) in [5.41, 5.74) is 5.33. The topological polar surface area (TPSA) is 199 Å². The molecule has 9 rings (SSSR count). The van der Waals surface area contributed by atoms with Gasteiger partial charge in [0.05, 0.1) is 52.5 Å². The number of piperazine rings is 1. The van der Waals surface area contributed by atoms with Crippen molar-refractivity contribution in [3.05, 3.63) is 121 Å². The van der Waals surface area contributed by atoms with Gasteiger partial charge in [0.2, 0.25) is 0 Å². The summed E-state index contributed by atoms with van der Waals surface area (Å²) < 4.78 is 43.8. The molecular weight excluding hydrogens is 862 g/mol. The zero-order valence-corrected chi connectivity index (χ0v) is 36.8. The molecular formula is C45H48ClN9O8S. The molecule has 1 atom stereocenters. The van der Waals surface area contributed by atoms with E-state index in [1.54, 1.807) is 42.2 Å². The maximum atomic E-state index is 14.3. The van der Waals surface area contributed by atoms with Gasteiger partial charge in [-0.2, -0.15) is 0 Å². The van der Waals surface area contributed by atoms with E-state index in [0.29, 0.717) is 44.1 Å². The number of aromatic amines is 1. The Bertz CT molecular complexity index is 2950. The maximum Gasteiger partial charge on any atom is 0.293 e. The van der Waals surface area contributed by atoms with Gasteiger partial charge >= 0.3 is 0 Å². The van der Waals surface area contributed by atoms with Crippen LogP contribution in [0.15, 0.2) is 94.3 Å². The Kier molecular flexibility index (Phi) is 12.3.